The Balaban J connectivity index is 1.88. The van der Waals surface area contributed by atoms with Crippen molar-refractivity contribution in [1.82, 2.24) is 20.2 Å². The molecule has 0 unspecified atom stereocenters. The topological polar surface area (TPSA) is 83.6 Å². The second-order valence-electron chi connectivity index (χ2n) is 5.08. The van der Waals surface area contributed by atoms with Crippen LogP contribution in [0.4, 0.5) is 5.13 Å². The molecule has 3 heterocycles. The van der Waals surface area contributed by atoms with Crippen LogP contribution in [0.25, 0.3) is 10.2 Å². The number of fused-ring (bicyclic) bond motifs is 1. The third-order valence-electron chi connectivity index (χ3n) is 3.45. The molecule has 23 heavy (non-hydrogen) atoms. The van der Waals surface area contributed by atoms with Crippen LogP contribution in [-0.4, -0.2) is 26.7 Å². The highest BCUT2D eigenvalue weighted by molar-refractivity contribution is 8.01. The zero-order chi connectivity index (χ0) is 16.6. The molecule has 0 spiro atoms. The van der Waals surface area contributed by atoms with Gasteiger partial charge in [0.2, 0.25) is 5.13 Å². The third-order valence-corrected chi connectivity index (χ3v) is 6.63. The maximum Gasteiger partial charge on any atom is 0.259 e. The van der Waals surface area contributed by atoms with Gasteiger partial charge < -0.3 is 10.3 Å². The van der Waals surface area contributed by atoms with Crippen LogP contribution in [0.3, 0.4) is 0 Å². The first-order chi connectivity index (χ1) is 11.0. The number of hydrogen-bond donors (Lipinski definition) is 2. The number of aromatic nitrogens is 4. The van der Waals surface area contributed by atoms with Crippen molar-refractivity contribution < 1.29 is 0 Å². The van der Waals surface area contributed by atoms with Gasteiger partial charge in [-0.1, -0.05) is 23.1 Å². The van der Waals surface area contributed by atoms with Crippen molar-refractivity contribution >= 4 is 49.8 Å². The minimum Gasteiger partial charge on any atom is -0.360 e. The van der Waals surface area contributed by atoms with Crippen LogP contribution in [0.15, 0.2) is 9.13 Å². The van der Waals surface area contributed by atoms with Crippen molar-refractivity contribution in [2.24, 2.45) is 0 Å². The van der Waals surface area contributed by atoms with Crippen LogP contribution in [-0.2, 0) is 0 Å². The molecule has 0 saturated heterocycles. The van der Waals surface area contributed by atoms with E-state index in [2.05, 4.69) is 25.5 Å². The Bertz CT molecular complexity index is 898. The van der Waals surface area contributed by atoms with Gasteiger partial charge in [0.05, 0.1) is 10.6 Å². The second kappa shape index (κ2) is 6.58. The van der Waals surface area contributed by atoms with Crippen molar-refractivity contribution in [3.63, 3.8) is 0 Å². The minimum atomic E-state index is -0.0649. The monoisotopic (exact) mass is 367 g/mol. The average Bonchev–Trinajstić information content (AvgIpc) is 3.05. The van der Waals surface area contributed by atoms with Gasteiger partial charge in [-0.15, -0.1) is 21.5 Å². The van der Waals surface area contributed by atoms with Gasteiger partial charge in [0.1, 0.15) is 10.7 Å². The highest BCUT2D eigenvalue weighted by Crippen LogP contribution is 2.36. The molecular weight excluding hydrogens is 350 g/mol. The average molecular weight is 368 g/mol. The van der Waals surface area contributed by atoms with Crippen LogP contribution < -0.4 is 10.9 Å². The van der Waals surface area contributed by atoms with Crippen LogP contribution in [0.2, 0.25) is 0 Å². The van der Waals surface area contributed by atoms with Gasteiger partial charge in [0.15, 0.2) is 4.34 Å². The number of nitrogens with one attached hydrogen (secondary N) is 2. The van der Waals surface area contributed by atoms with E-state index >= 15 is 0 Å². The summed E-state index contributed by atoms with van der Waals surface area (Å²) in [5, 5.41) is 12.9. The van der Waals surface area contributed by atoms with Crippen molar-refractivity contribution in [3.8, 4) is 0 Å². The summed E-state index contributed by atoms with van der Waals surface area (Å²) in [6, 6.07) is 0. The van der Waals surface area contributed by atoms with Gasteiger partial charge in [-0.05, 0) is 33.3 Å². The number of thioether (sulfide) groups is 1. The predicted octanol–water partition coefficient (Wildman–Crippen LogP) is 3.74. The summed E-state index contributed by atoms with van der Waals surface area (Å²) in [6.07, 6.45) is 0. The van der Waals surface area contributed by atoms with Gasteiger partial charge in [-0.2, -0.15) is 0 Å². The lowest BCUT2D eigenvalue weighted by Gasteiger charge is -2.07. The number of H-pyrrole nitrogens is 1. The molecule has 9 heteroatoms. The number of thiophene rings is 1. The molecule has 0 saturated carbocycles. The second-order valence-corrected chi connectivity index (χ2v) is 8.85. The van der Waals surface area contributed by atoms with E-state index in [1.165, 1.54) is 11.3 Å². The molecule has 0 aliphatic carbocycles. The van der Waals surface area contributed by atoms with E-state index in [1.54, 1.807) is 23.1 Å². The molecular formula is C14H17N5OS3. The SMILES string of the molecule is CCNc1nnc(S[C@@H](C)c2nc3sc(C)c(C)c3c(=O)[nH]2)s1. The number of rotatable bonds is 5. The maximum absolute atomic E-state index is 12.3. The fraction of sp³-hybridized carbons (Fsp3) is 0.429. The summed E-state index contributed by atoms with van der Waals surface area (Å²) < 4.78 is 0.856. The molecule has 3 aromatic rings. The Morgan fingerprint density at radius 1 is 1.30 bits per heavy atom. The number of aromatic amines is 1. The third kappa shape index (κ3) is 3.26. The fourth-order valence-electron chi connectivity index (χ4n) is 2.15. The van der Waals surface area contributed by atoms with E-state index < -0.39 is 0 Å². The maximum atomic E-state index is 12.3. The summed E-state index contributed by atoms with van der Waals surface area (Å²) in [5.41, 5.74) is 0.954. The lowest BCUT2D eigenvalue weighted by Crippen LogP contribution is -2.12. The number of nitrogens with zero attached hydrogens (tertiary/aromatic N) is 3. The van der Waals surface area contributed by atoms with Gasteiger partial charge >= 0.3 is 0 Å². The molecule has 0 aliphatic rings. The fourth-order valence-corrected chi connectivity index (χ4v) is 5.21. The van der Waals surface area contributed by atoms with Crippen molar-refractivity contribution in [3.05, 3.63) is 26.6 Å². The first kappa shape index (κ1) is 16.4. The molecule has 0 bridgehead atoms. The molecule has 122 valence electrons. The Labute approximate surface area is 145 Å². The van der Waals surface area contributed by atoms with Crippen LogP contribution in [0, 0.1) is 13.8 Å². The molecule has 0 aromatic carbocycles. The first-order valence-corrected chi connectivity index (χ1v) is 9.74. The van der Waals surface area contributed by atoms with E-state index in [-0.39, 0.29) is 10.8 Å². The molecule has 3 aromatic heterocycles. The summed E-state index contributed by atoms with van der Waals surface area (Å²) in [4.78, 5) is 21.8. The number of hydrogen-bond acceptors (Lipinski definition) is 8. The molecule has 6 nitrogen and oxygen atoms in total. The largest absolute Gasteiger partial charge is 0.360 e. The van der Waals surface area contributed by atoms with E-state index in [0.717, 1.165) is 31.3 Å². The summed E-state index contributed by atoms with van der Waals surface area (Å²) in [6.45, 7) is 8.83. The van der Waals surface area contributed by atoms with Gasteiger partial charge in [-0.25, -0.2) is 4.98 Å². The predicted molar refractivity (Wildman–Crippen MR) is 98.1 cm³/mol. The molecule has 3 rings (SSSR count). The Kier molecular flexibility index (Phi) is 4.69. The molecule has 0 fully saturated rings. The van der Waals surface area contributed by atoms with E-state index in [4.69, 9.17) is 0 Å². The zero-order valence-corrected chi connectivity index (χ0v) is 15.7. The summed E-state index contributed by atoms with van der Waals surface area (Å²) >= 11 is 4.62. The van der Waals surface area contributed by atoms with E-state index in [9.17, 15) is 4.79 Å². The van der Waals surface area contributed by atoms with E-state index in [1.807, 2.05) is 27.7 Å². The van der Waals surface area contributed by atoms with Crippen molar-refractivity contribution in [1.29, 1.82) is 0 Å². The molecule has 1 atom stereocenters. The van der Waals surface area contributed by atoms with Gasteiger partial charge in [0.25, 0.3) is 5.56 Å². The zero-order valence-electron chi connectivity index (χ0n) is 13.3. The molecule has 0 aliphatic heterocycles. The number of aryl methyl sites for hydroxylation is 2. The molecule has 0 amide bonds. The molecule has 0 radical (unpaired) electrons. The number of anilines is 1. The molecule has 2 N–H and O–H groups in total. The summed E-state index contributed by atoms with van der Waals surface area (Å²) in [5.74, 6) is 0.675. The highest BCUT2D eigenvalue weighted by Gasteiger charge is 2.17. The van der Waals surface area contributed by atoms with Crippen molar-refractivity contribution in [2.45, 2.75) is 37.3 Å². The van der Waals surface area contributed by atoms with Gasteiger partial charge in [-0.3, -0.25) is 4.79 Å². The smallest absolute Gasteiger partial charge is 0.259 e. The normalized spacial score (nSPS) is 12.7. The lowest BCUT2D eigenvalue weighted by molar-refractivity contribution is 0.918. The Morgan fingerprint density at radius 3 is 2.83 bits per heavy atom. The van der Waals surface area contributed by atoms with Crippen LogP contribution >= 0.6 is 34.4 Å². The minimum absolute atomic E-state index is 0.00256. The van der Waals surface area contributed by atoms with E-state index in [0.29, 0.717) is 11.2 Å². The van der Waals surface area contributed by atoms with Crippen LogP contribution in [0.5, 0.6) is 0 Å². The van der Waals surface area contributed by atoms with Gasteiger partial charge in [0, 0.05) is 11.4 Å². The van der Waals surface area contributed by atoms with Crippen molar-refractivity contribution in [2.75, 3.05) is 11.9 Å². The summed E-state index contributed by atoms with van der Waals surface area (Å²) in [7, 11) is 0. The van der Waals surface area contributed by atoms with Crippen LogP contribution in [0.1, 0.15) is 35.4 Å². The quantitative estimate of drug-likeness (QED) is 0.669. The highest BCUT2D eigenvalue weighted by atomic mass is 32.2. The Hall–Kier alpha value is -1.45. The first-order valence-electron chi connectivity index (χ1n) is 7.23. The lowest BCUT2D eigenvalue weighted by atomic mass is 10.2. The standard InChI is InChI=1S/C14H17N5OS3/c1-5-15-13-18-19-14(23-13)22-8(4)10-16-11(20)9-6(2)7(3)21-12(9)17-10/h8H,5H2,1-4H3,(H,15,18)(H,16,17,20)/t8-/m0/s1. The Morgan fingerprint density at radius 2 is 2.09 bits per heavy atom.